The van der Waals surface area contributed by atoms with Crippen LogP contribution >= 0.6 is 23.2 Å². The molecule has 0 bridgehead atoms. The van der Waals surface area contributed by atoms with E-state index in [1.54, 1.807) is 6.07 Å². The van der Waals surface area contributed by atoms with Gasteiger partial charge in [0, 0.05) is 16.5 Å². The van der Waals surface area contributed by atoms with E-state index in [1.165, 1.54) is 0 Å². The van der Waals surface area contributed by atoms with Crippen LogP contribution < -0.4 is 0 Å². The number of rotatable bonds is 2. The summed E-state index contributed by atoms with van der Waals surface area (Å²) in [5.41, 5.74) is 0.286. The lowest BCUT2D eigenvalue weighted by molar-refractivity contribution is -0.0419. The summed E-state index contributed by atoms with van der Waals surface area (Å²) < 4.78 is 0. The van der Waals surface area contributed by atoms with Crippen molar-refractivity contribution < 1.29 is 5.11 Å². The molecule has 0 saturated heterocycles. The van der Waals surface area contributed by atoms with Gasteiger partial charge in [-0.2, -0.15) is 0 Å². The molecule has 0 heterocycles. The maximum absolute atomic E-state index is 10.8. The van der Waals surface area contributed by atoms with Crippen LogP contribution in [0.25, 0.3) is 0 Å². The average molecular weight is 273 g/mol. The van der Waals surface area contributed by atoms with Crippen LogP contribution in [0.15, 0.2) is 18.2 Å². The van der Waals surface area contributed by atoms with E-state index in [4.69, 9.17) is 23.2 Å². The van der Waals surface area contributed by atoms with Crippen LogP contribution in [0, 0.1) is 5.41 Å². The van der Waals surface area contributed by atoms with Crippen molar-refractivity contribution in [1.29, 1.82) is 0 Å². The van der Waals surface area contributed by atoms with Gasteiger partial charge in [-0.05, 0) is 42.4 Å². The standard InChI is InChI=1S/C14H18Cl2O/c1-13(2)6-3-7-14(13,17)9-10-4-5-11(15)8-12(10)16/h4-5,8,17H,3,6-7,9H2,1-2H3. The fourth-order valence-corrected chi connectivity index (χ4v) is 3.18. The van der Waals surface area contributed by atoms with E-state index >= 15 is 0 Å². The van der Waals surface area contributed by atoms with Crippen LogP contribution in [-0.4, -0.2) is 10.7 Å². The molecule has 3 heteroatoms. The highest BCUT2D eigenvalue weighted by atomic mass is 35.5. The average Bonchev–Trinajstić information content (AvgIpc) is 2.46. The number of benzene rings is 1. The lowest BCUT2D eigenvalue weighted by Crippen LogP contribution is -2.41. The first-order valence-corrected chi connectivity index (χ1v) is 6.76. The second kappa shape index (κ2) is 4.46. The molecule has 1 aliphatic carbocycles. The molecule has 1 unspecified atom stereocenters. The largest absolute Gasteiger partial charge is 0.389 e. The maximum Gasteiger partial charge on any atom is 0.0739 e. The molecule has 1 aromatic rings. The molecule has 1 nitrogen and oxygen atoms in total. The van der Waals surface area contributed by atoms with Crippen molar-refractivity contribution in [2.75, 3.05) is 0 Å². The zero-order valence-electron chi connectivity index (χ0n) is 10.3. The van der Waals surface area contributed by atoms with Crippen molar-refractivity contribution in [2.24, 2.45) is 5.41 Å². The van der Waals surface area contributed by atoms with E-state index in [9.17, 15) is 5.11 Å². The summed E-state index contributed by atoms with van der Waals surface area (Å²) in [5, 5.41) is 12.1. The van der Waals surface area contributed by atoms with E-state index in [-0.39, 0.29) is 5.41 Å². The van der Waals surface area contributed by atoms with Crippen LogP contribution in [0.3, 0.4) is 0 Å². The summed E-state index contributed by atoms with van der Waals surface area (Å²) in [7, 11) is 0. The molecule has 0 aromatic heterocycles. The van der Waals surface area contributed by atoms with Gasteiger partial charge in [0.2, 0.25) is 0 Å². The SMILES string of the molecule is CC1(C)CCCC1(O)Cc1ccc(Cl)cc1Cl. The summed E-state index contributed by atoms with van der Waals surface area (Å²) in [6, 6.07) is 5.48. The highest BCUT2D eigenvalue weighted by Crippen LogP contribution is 2.48. The van der Waals surface area contributed by atoms with E-state index in [0.717, 1.165) is 24.8 Å². The van der Waals surface area contributed by atoms with Gasteiger partial charge in [0.1, 0.15) is 0 Å². The Kier molecular flexibility index (Phi) is 3.46. The zero-order valence-corrected chi connectivity index (χ0v) is 11.8. The monoisotopic (exact) mass is 272 g/mol. The van der Waals surface area contributed by atoms with Crippen LogP contribution in [0.1, 0.15) is 38.7 Å². The lowest BCUT2D eigenvalue weighted by atomic mass is 9.74. The van der Waals surface area contributed by atoms with Gasteiger partial charge >= 0.3 is 0 Å². The van der Waals surface area contributed by atoms with E-state index in [1.807, 2.05) is 12.1 Å². The van der Waals surface area contributed by atoms with Crippen LogP contribution in [0.2, 0.25) is 10.0 Å². The van der Waals surface area contributed by atoms with Crippen molar-refractivity contribution in [2.45, 2.75) is 45.1 Å². The third-order valence-electron chi connectivity index (χ3n) is 4.15. The Morgan fingerprint density at radius 1 is 1.24 bits per heavy atom. The Balaban J connectivity index is 2.26. The van der Waals surface area contributed by atoms with Gasteiger partial charge in [0.25, 0.3) is 0 Å². The molecule has 94 valence electrons. The normalized spacial score (nSPS) is 27.4. The Morgan fingerprint density at radius 3 is 2.47 bits per heavy atom. The molecule has 1 aliphatic rings. The van der Waals surface area contributed by atoms with Crippen molar-refractivity contribution in [3.05, 3.63) is 33.8 Å². The predicted molar refractivity (Wildman–Crippen MR) is 72.7 cm³/mol. The third kappa shape index (κ3) is 2.47. The molecular formula is C14H18Cl2O. The van der Waals surface area contributed by atoms with Gasteiger partial charge in [-0.15, -0.1) is 0 Å². The summed E-state index contributed by atoms with van der Waals surface area (Å²) in [6.07, 6.45) is 3.60. The number of halogens is 2. The third-order valence-corrected chi connectivity index (χ3v) is 4.74. The molecule has 0 spiro atoms. The van der Waals surface area contributed by atoms with E-state index < -0.39 is 5.60 Å². The van der Waals surface area contributed by atoms with Crippen molar-refractivity contribution in [3.63, 3.8) is 0 Å². The number of aliphatic hydroxyl groups is 1. The molecule has 1 N–H and O–H groups in total. The van der Waals surface area contributed by atoms with Gasteiger partial charge in [-0.1, -0.05) is 43.1 Å². The predicted octanol–water partition coefficient (Wildman–Crippen LogP) is 4.48. The molecule has 1 saturated carbocycles. The summed E-state index contributed by atoms with van der Waals surface area (Å²) in [6.45, 7) is 4.26. The second-order valence-corrected chi connectivity index (χ2v) is 6.53. The first kappa shape index (κ1) is 13.2. The zero-order chi connectivity index (χ0) is 12.7. The van der Waals surface area contributed by atoms with E-state index in [2.05, 4.69) is 13.8 Å². The summed E-state index contributed by atoms with van der Waals surface area (Å²) in [4.78, 5) is 0. The molecular weight excluding hydrogens is 255 g/mol. The van der Waals surface area contributed by atoms with Crippen molar-refractivity contribution in [3.8, 4) is 0 Å². The van der Waals surface area contributed by atoms with Crippen molar-refractivity contribution >= 4 is 23.2 Å². The van der Waals surface area contributed by atoms with Crippen LogP contribution in [0.4, 0.5) is 0 Å². The Morgan fingerprint density at radius 2 is 1.94 bits per heavy atom. The van der Waals surface area contributed by atoms with Crippen molar-refractivity contribution in [1.82, 2.24) is 0 Å². The first-order chi connectivity index (χ1) is 7.84. The summed E-state index contributed by atoms with van der Waals surface area (Å²) >= 11 is 12.0. The Hall–Kier alpha value is -0.240. The quantitative estimate of drug-likeness (QED) is 0.842. The Bertz CT molecular complexity index is 428. The minimum Gasteiger partial charge on any atom is -0.389 e. The van der Waals surface area contributed by atoms with Gasteiger partial charge in [0.05, 0.1) is 5.60 Å². The Labute approximate surface area is 113 Å². The molecule has 1 fully saturated rings. The topological polar surface area (TPSA) is 20.2 Å². The number of hydrogen-bond acceptors (Lipinski definition) is 1. The molecule has 0 radical (unpaired) electrons. The fraction of sp³-hybridized carbons (Fsp3) is 0.571. The van der Waals surface area contributed by atoms with E-state index in [0.29, 0.717) is 16.5 Å². The van der Waals surface area contributed by atoms with Gasteiger partial charge < -0.3 is 5.11 Å². The minimum absolute atomic E-state index is 0.0457. The highest BCUT2D eigenvalue weighted by Gasteiger charge is 2.47. The number of hydrogen-bond donors (Lipinski definition) is 1. The fourth-order valence-electron chi connectivity index (χ4n) is 2.70. The van der Waals surface area contributed by atoms with Gasteiger partial charge in [-0.3, -0.25) is 0 Å². The highest BCUT2D eigenvalue weighted by molar-refractivity contribution is 6.35. The first-order valence-electron chi connectivity index (χ1n) is 6.00. The molecule has 1 atom stereocenters. The van der Waals surface area contributed by atoms with Crippen LogP contribution in [-0.2, 0) is 6.42 Å². The smallest absolute Gasteiger partial charge is 0.0739 e. The molecule has 0 amide bonds. The van der Waals surface area contributed by atoms with Gasteiger partial charge in [-0.25, -0.2) is 0 Å². The molecule has 2 rings (SSSR count). The molecule has 1 aromatic carbocycles. The van der Waals surface area contributed by atoms with Gasteiger partial charge in [0.15, 0.2) is 0 Å². The summed E-state index contributed by atoms with van der Waals surface area (Å²) in [5.74, 6) is 0. The minimum atomic E-state index is -0.648. The molecule has 17 heavy (non-hydrogen) atoms. The second-order valence-electron chi connectivity index (χ2n) is 5.68. The van der Waals surface area contributed by atoms with Crippen LogP contribution in [0.5, 0.6) is 0 Å². The lowest BCUT2D eigenvalue weighted by Gasteiger charge is -2.37. The molecule has 0 aliphatic heterocycles. The maximum atomic E-state index is 10.8.